The summed E-state index contributed by atoms with van der Waals surface area (Å²) in [6.07, 6.45) is 0.349. The highest BCUT2D eigenvalue weighted by atomic mass is 79.9. The van der Waals surface area contributed by atoms with E-state index in [1.165, 1.54) is 6.07 Å². The van der Waals surface area contributed by atoms with Gasteiger partial charge in [0.25, 0.3) is 0 Å². The average molecular weight is 369 g/mol. The molecule has 3 rings (SSSR count). The van der Waals surface area contributed by atoms with Crippen LogP contribution in [0.1, 0.15) is 27.1 Å². The van der Waals surface area contributed by atoms with E-state index in [4.69, 9.17) is 11.6 Å². The first kappa shape index (κ1) is 14.5. The molecule has 1 amide bonds. The number of rotatable bonds is 2. The van der Waals surface area contributed by atoms with Gasteiger partial charge in [0.2, 0.25) is 5.91 Å². The second-order valence-electron chi connectivity index (χ2n) is 5.13. The second kappa shape index (κ2) is 5.43. The fourth-order valence-corrected chi connectivity index (χ4v) is 3.48. The number of aryl methyl sites for hydroxylation is 1. The molecule has 1 aliphatic heterocycles. The van der Waals surface area contributed by atoms with Crippen molar-refractivity contribution in [3.05, 3.63) is 63.4 Å². The van der Waals surface area contributed by atoms with Crippen molar-refractivity contribution in [1.29, 1.82) is 0 Å². The van der Waals surface area contributed by atoms with Crippen LogP contribution < -0.4 is 5.32 Å². The van der Waals surface area contributed by atoms with E-state index in [-0.39, 0.29) is 16.6 Å². The number of alkyl halides is 1. The quantitative estimate of drug-likeness (QED) is 0.760. The summed E-state index contributed by atoms with van der Waals surface area (Å²) < 4.78 is 13.7. The van der Waals surface area contributed by atoms with Gasteiger partial charge in [0.15, 0.2) is 0 Å². The molecular weight excluding hydrogens is 357 g/mol. The summed E-state index contributed by atoms with van der Waals surface area (Å²) in [5.74, 6) is -0.281. The minimum atomic E-state index is -0.244. The summed E-state index contributed by atoms with van der Waals surface area (Å²) in [5, 5.41) is 3.30. The molecule has 1 N–H and O–H groups in total. The Balaban J connectivity index is 2.02. The Kier molecular flexibility index (Phi) is 3.76. The molecule has 0 bridgehead atoms. The molecule has 0 radical (unpaired) electrons. The van der Waals surface area contributed by atoms with Crippen molar-refractivity contribution in [1.82, 2.24) is 0 Å². The summed E-state index contributed by atoms with van der Waals surface area (Å²) in [7, 11) is 0. The number of benzene rings is 2. The van der Waals surface area contributed by atoms with Gasteiger partial charge in [-0.25, -0.2) is 4.39 Å². The summed E-state index contributed by atoms with van der Waals surface area (Å²) in [6.45, 7) is 1.72. The third-order valence-corrected chi connectivity index (χ3v) is 4.96. The summed E-state index contributed by atoms with van der Waals surface area (Å²) in [5.41, 5.74) is 3.89. The fraction of sp³-hybridized carbons (Fsp3) is 0.188. The van der Waals surface area contributed by atoms with Gasteiger partial charge in [-0.2, -0.15) is 0 Å². The lowest BCUT2D eigenvalue weighted by atomic mass is 10.0. The highest BCUT2D eigenvalue weighted by molar-refractivity contribution is 9.09. The molecule has 21 heavy (non-hydrogen) atoms. The largest absolute Gasteiger partial charge is 0.325 e. The molecule has 0 aromatic heterocycles. The Hall–Kier alpha value is -1.39. The van der Waals surface area contributed by atoms with Crippen molar-refractivity contribution in [3.63, 3.8) is 0 Å². The summed E-state index contributed by atoms with van der Waals surface area (Å²) in [4.78, 5) is 11.2. The van der Waals surface area contributed by atoms with Gasteiger partial charge >= 0.3 is 0 Å². The van der Waals surface area contributed by atoms with Crippen LogP contribution in [0.2, 0.25) is 5.02 Å². The Labute approximate surface area is 135 Å². The number of hydrogen-bond donors (Lipinski definition) is 1. The van der Waals surface area contributed by atoms with Gasteiger partial charge in [-0.05, 0) is 41.3 Å². The van der Waals surface area contributed by atoms with Gasteiger partial charge in [0.05, 0.1) is 11.2 Å². The number of carbonyl (C=O) groups excluding carboxylic acids is 1. The van der Waals surface area contributed by atoms with E-state index in [0.29, 0.717) is 17.0 Å². The molecule has 5 heteroatoms. The van der Waals surface area contributed by atoms with E-state index in [1.807, 2.05) is 12.1 Å². The van der Waals surface area contributed by atoms with Crippen molar-refractivity contribution < 1.29 is 9.18 Å². The van der Waals surface area contributed by atoms with Crippen LogP contribution in [0.3, 0.4) is 0 Å². The molecule has 0 spiro atoms. The molecule has 1 aliphatic rings. The maximum atomic E-state index is 13.7. The topological polar surface area (TPSA) is 29.1 Å². The number of amides is 1. The highest BCUT2D eigenvalue weighted by Gasteiger charge is 2.23. The smallest absolute Gasteiger partial charge is 0.228 e. The standard InChI is InChI=1S/C16H12BrClFNO/c1-8-2-3-9(5-13(8)19)16(17)11-4-10-6-15(21)20-14(10)7-12(11)18/h2-5,7,16H,6H2,1H3,(H,20,21). The molecule has 1 heterocycles. The first-order chi connectivity index (χ1) is 9.95. The van der Waals surface area contributed by atoms with E-state index >= 15 is 0 Å². The number of nitrogens with one attached hydrogen (secondary N) is 1. The van der Waals surface area contributed by atoms with E-state index in [9.17, 15) is 9.18 Å². The van der Waals surface area contributed by atoms with Gasteiger partial charge in [0.1, 0.15) is 5.82 Å². The lowest BCUT2D eigenvalue weighted by molar-refractivity contribution is -0.115. The first-order valence-corrected chi connectivity index (χ1v) is 7.77. The van der Waals surface area contributed by atoms with Crippen molar-refractivity contribution in [2.75, 3.05) is 5.32 Å². The number of hydrogen-bond acceptors (Lipinski definition) is 1. The molecule has 1 unspecified atom stereocenters. The molecule has 2 nitrogen and oxygen atoms in total. The normalized spacial score (nSPS) is 14.8. The monoisotopic (exact) mass is 367 g/mol. The molecule has 2 aromatic carbocycles. The molecule has 0 saturated carbocycles. The zero-order chi connectivity index (χ0) is 15.1. The van der Waals surface area contributed by atoms with Gasteiger partial charge in [-0.3, -0.25) is 4.79 Å². The number of carbonyl (C=O) groups is 1. The van der Waals surface area contributed by atoms with Crippen LogP contribution in [-0.4, -0.2) is 5.91 Å². The Morgan fingerprint density at radius 2 is 2.10 bits per heavy atom. The average Bonchev–Trinajstić information content (AvgIpc) is 2.79. The maximum Gasteiger partial charge on any atom is 0.228 e. The first-order valence-electron chi connectivity index (χ1n) is 6.48. The van der Waals surface area contributed by atoms with Crippen LogP contribution in [-0.2, 0) is 11.2 Å². The van der Waals surface area contributed by atoms with Crippen molar-refractivity contribution in [2.24, 2.45) is 0 Å². The van der Waals surface area contributed by atoms with Crippen molar-refractivity contribution in [3.8, 4) is 0 Å². The molecule has 2 aromatic rings. The third kappa shape index (κ3) is 2.70. The predicted octanol–water partition coefficient (Wildman–Crippen LogP) is 4.77. The molecule has 0 fully saturated rings. The Morgan fingerprint density at radius 3 is 2.81 bits per heavy atom. The minimum absolute atomic E-state index is 0.0364. The SMILES string of the molecule is Cc1ccc(C(Br)c2cc3c(cc2Cl)NC(=O)C3)cc1F. The van der Waals surface area contributed by atoms with Gasteiger partial charge in [-0.1, -0.05) is 45.7 Å². The molecule has 0 saturated heterocycles. The van der Waals surface area contributed by atoms with Gasteiger partial charge in [-0.15, -0.1) is 0 Å². The zero-order valence-corrected chi connectivity index (χ0v) is 13.6. The maximum absolute atomic E-state index is 13.7. The fourth-order valence-electron chi connectivity index (χ4n) is 2.41. The summed E-state index contributed by atoms with van der Waals surface area (Å²) in [6, 6.07) is 8.75. The lowest BCUT2D eigenvalue weighted by Gasteiger charge is -2.15. The van der Waals surface area contributed by atoms with E-state index in [2.05, 4.69) is 21.2 Å². The van der Waals surface area contributed by atoms with Crippen LogP contribution in [0.4, 0.5) is 10.1 Å². The second-order valence-corrected chi connectivity index (χ2v) is 6.45. The number of halogens is 3. The van der Waals surface area contributed by atoms with E-state index < -0.39 is 0 Å². The van der Waals surface area contributed by atoms with E-state index in [1.54, 1.807) is 19.1 Å². The van der Waals surface area contributed by atoms with Gasteiger partial charge < -0.3 is 5.32 Å². The third-order valence-electron chi connectivity index (χ3n) is 3.61. The Morgan fingerprint density at radius 1 is 1.33 bits per heavy atom. The van der Waals surface area contributed by atoms with Gasteiger partial charge in [0, 0.05) is 10.7 Å². The molecule has 1 atom stereocenters. The predicted molar refractivity (Wildman–Crippen MR) is 85.7 cm³/mol. The highest BCUT2D eigenvalue weighted by Crippen LogP contribution is 2.39. The Bertz CT molecular complexity index is 747. The van der Waals surface area contributed by atoms with Crippen LogP contribution >= 0.6 is 27.5 Å². The molecule has 0 aliphatic carbocycles. The van der Waals surface area contributed by atoms with Crippen LogP contribution in [0.25, 0.3) is 0 Å². The molecular formula is C16H12BrClFNO. The lowest BCUT2D eigenvalue weighted by Crippen LogP contribution is -2.03. The van der Waals surface area contributed by atoms with Crippen LogP contribution in [0.5, 0.6) is 0 Å². The van der Waals surface area contributed by atoms with Crippen LogP contribution in [0.15, 0.2) is 30.3 Å². The summed E-state index contributed by atoms with van der Waals surface area (Å²) >= 11 is 9.87. The zero-order valence-electron chi connectivity index (χ0n) is 11.2. The number of anilines is 1. The van der Waals surface area contributed by atoms with Crippen molar-refractivity contribution in [2.45, 2.75) is 18.2 Å². The number of fused-ring (bicyclic) bond motifs is 1. The minimum Gasteiger partial charge on any atom is -0.325 e. The molecule has 108 valence electrons. The van der Waals surface area contributed by atoms with Crippen molar-refractivity contribution >= 4 is 39.1 Å². The van der Waals surface area contributed by atoms with E-state index in [0.717, 1.165) is 22.4 Å². The van der Waals surface area contributed by atoms with Crippen LogP contribution in [0, 0.1) is 12.7 Å².